The quantitative estimate of drug-likeness (QED) is 0.812. The van der Waals surface area contributed by atoms with E-state index in [0.29, 0.717) is 12.3 Å². The normalized spacial score (nSPS) is 10.2. The van der Waals surface area contributed by atoms with Gasteiger partial charge in [0.1, 0.15) is 24.1 Å². The molecule has 0 aliphatic rings. The first-order valence-corrected chi connectivity index (χ1v) is 7.57. The van der Waals surface area contributed by atoms with Crippen molar-refractivity contribution in [2.75, 3.05) is 0 Å². The molecule has 2 aromatic rings. The lowest BCUT2D eigenvalue weighted by molar-refractivity contribution is 0.305. The second-order valence-corrected chi connectivity index (χ2v) is 5.73. The Morgan fingerprint density at radius 1 is 1.05 bits per heavy atom. The van der Waals surface area contributed by atoms with Gasteiger partial charge in [-0.1, -0.05) is 52.8 Å². The van der Waals surface area contributed by atoms with Gasteiger partial charge in [-0.05, 0) is 29.2 Å². The summed E-state index contributed by atoms with van der Waals surface area (Å²) in [5.41, 5.74) is 2.80. The highest BCUT2D eigenvalue weighted by atomic mass is 16.5. The first kappa shape index (κ1) is 17.7. The number of hydrogen-bond acceptors (Lipinski definition) is 3. The van der Waals surface area contributed by atoms with Crippen molar-refractivity contribution in [3.05, 3.63) is 59.4 Å². The summed E-state index contributed by atoms with van der Waals surface area (Å²) in [5.74, 6) is 0.836. The van der Waals surface area contributed by atoms with Crippen molar-refractivity contribution in [2.24, 2.45) is 0 Å². The fourth-order valence-corrected chi connectivity index (χ4v) is 1.79. The maximum atomic E-state index is 8.68. The topological polar surface area (TPSA) is 45.9 Å². The van der Waals surface area contributed by atoms with Crippen LogP contribution < -0.4 is 4.74 Å². The zero-order chi connectivity index (χ0) is 16.6. The summed E-state index contributed by atoms with van der Waals surface area (Å²) in [4.78, 5) is 4.01. The Labute approximate surface area is 133 Å². The van der Waals surface area contributed by atoms with Crippen LogP contribution in [0.4, 0.5) is 0 Å². The van der Waals surface area contributed by atoms with Crippen LogP contribution >= 0.6 is 0 Å². The van der Waals surface area contributed by atoms with Gasteiger partial charge < -0.3 is 4.74 Å². The van der Waals surface area contributed by atoms with E-state index in [1.807, 2.05) is 38.1 Å². The van der Waals surface area contributed by atoms with E-state index in [1.165, 1.54) is 5.56 Å². The molecule has 3 heteroatoms. The fourth-order valence-electron chi connectivity index (χ4n) is 1.79. The highest BCUT2D eigenvalue weighted by molar-refractivity contribution is 5.31. The van der Waals surface area contributed by atoms with E-state index in [4.69, 9.17) is 10.00 Å². The van der Waals surface area contributed by atoms with E-state index < -0.39 is 0 Å². The molecule has 3 nitrogen and oxygen atoms in total. The second kappa shape index (κ2) is 8.19. The molecule has 0 fully saturated rings. The number of rotatable bonds is 3. The number of hydrogen-bond donors (Lipinski definition) is 0. The fraction of sp³-hybridized carbons (Fsp3) is 0.368. The van der Waals surface area contributed by atoms with Gasteiger partial charge in [0.05, 0.1) is 0 Å². The van der Waals surface area contributed by atoms with Crippen LogP contribution in [0.25, 0.3) is 0 Å². The standard InChI is InChI=1S/C17H18N2O.C2H6/c1-17(2,3)14-5-8-16(9-6-14)20-12-13-4-7-15(10-18)19-11-13;1-2/h4-9,11H,12H2,1-3H3;1-2H3. The zero-order valence-electron chi connectivity index (χ0n) is 14.1. The van der Waals surface area contributed by atoms with Crippen LogP contribution in [-0.2, 0) is 12.0 Å². The largest absolute Gasteiger partial charge is 0.489 e. The molecule has 0 aliphatic carbocycles. The minimum Gasteiger partial charge on any atom is -0.489 e. The number of aromatic nitrogens is 1. The number of benzene rings is 1. The Hall–Kier alpha value is -2.34. The smallest absolute Gasteiger partial charge is 0.140 e. The minimum atomic E-state index is 0.148. The van der Waals surface area contributed by atoms with Crippen LogP contribution in [-0.4, -0.2) is 4.98 Å². The third-order valence-corrected chi connectivity index (χ3v) is 3.07. The molecular weight excluding hydrogens is 272 g/mol. The first-order valence-electron chi connectivity index (χ1n) is 7.57. The number of pyridine rings is 1. The van der Waals surface area contributed by atoms with Crippen LogP contribution in [0.2, 0.25) is 0 Å². The lowest BCUT2D eigenvalue weighted by Crippen LogP contribution is -2.10. The summed E-state index contributed by atoms with van der Waals surface area (Å²) in [6, 6.07) is 13.7. The van der Waals surface area contributed by atoms with Crippen molar-refractivity contribution in [1.29, 1.82) is 5.26 Å². The average Bonchev–Trinajstić information content (AvgIpc) is 2.55. The Kier molecular flexibility index (Phi) is 6.59. The molecule has 22 heavy (non-hydrogen) atoms. The van der Waals surface area contributed by atoms with Crippen molar-refractivity contribution in [2.45, 2.75) is 46.6 Å². The molecule has 2 rings (SSSR count). The van der Waals surface area contributed by atoms with E-state index in [-0.39, 0.29) is 5.41 Å². The first-order chi connectivity index (χ1) is 10.5. The average molecular weight is 296 g/mol. The van der Waals surface area contributed by atoms with Crippen molar-refractivity contribution in [3.8, 4) is 11.8 Å². The van der Waals surface area contributed by atoms with Gasteiger partial charge in [0.25, 0.3) is 0 Å². The Bertz CT molecular complexity index is 602. The minimum absolute atomic E-state index is 0.148. The lowest BCUT2D eigenvalue weighted by atomic mass is 9.87. The third kappa shape index (κ3) is 5.21. The van der Waals surface area contributed by atoms with E-state index in [1.54, 1.807) is 12.3 Å². The molecule has 1 heterocycles. The highest BCUT2D eigenvalue weighted by Gasteiger charge is 2.12. The van der Waals surface area contributed by atoms with Crippen molar-refractivity contribution >= 4 is 0 Å². The summed E-state index contributed by atoms with van der Waals surface area (Å²) < 4.78 is 5.71. The molecule has 0 N–H and O–H groups in total. The predicted octanol–water partition coefficient (Wildman–Crippen LogP) is 4.86. The van der Waals surface area contributed by atoms with Gasteiger partial charge in [0, 0.05) is 11.8 Å². The molecule has 0 radical (unpaired) electrons. The molecule has 0 saturated heterocycles. The van der Waals surface area contributed by atoms with Gasteiger partial charge >= 0.3 is 0 Å². The summed E-state index contributed by atoms with van der Waals surface area (Å²) in [6.07, 6.45) is 1.67. The van der Waals surface area contributed by atoms with E-state index in [9.17, 15) is 0 Å². The lowest BCUT2D eigenvalue weighted by Gasteiger charge is -2.19. The van der Waals surface area contributed by atoms with Crippen LogP contribution in [0.3, 0.4) is 0 Å². The Balaban J connectivity index is 0.00000116. The molecule has 0 atom stereocenters. The number of ether oxygens (including phenoxy) is 1. The van der Waals surface area contributed by atoms with Gasteiger partial charge in [-0.3, -0.25) is 0 Å². The SMILES string of the molecule is CC.CC(C)(C)c1ccc(OCc2ccc(C#N)nc2)cc1. The van der Waals surface area contributed by atoms with Gasteiger partial charge in [-0.25, -0.2) is 4.98 Å². The number of nitriles is 1. The summed E-state index contributed by atoms with van der Waals surface area (Å²) in [7, 11) is 0. The van der Waals surface area contributed by atoms with Crippen molar-refractivity contribution < 1.29 is 4.74 Å². The molecule has 1 aromatic heterocycles. The molecule has 0 saturated carbocycles. The predicted molar refractivity (Wildman–Crippen MR) is 89.8 cm³/mol. The van der Waals surface area contributed by atoms with Crippen LogP contribution in [0.15, 0.2) is 42.6 Å². The van der Waals surface area contributed by atoms with Gasteiger partial charge in [0.15, 0.2) is 0 Å². The van der Waals surface area contributed by atoms with Crippen molar-refractivity contribution in [1.82, 2.24) is 4.98 Å². The molecule has 0 unspecified atom stereocenters. The van der Waals surface area contributed by atoms with Crippen molar-refractivity contribution in [3.63, 3.8) is 0 Å². The Morgan fingerprint density at radius 2 is 1.68 bits per heavy atom. The number of nitrogens with zero attached hydrogens (tertiary/aromatic N) is 2. The van der Waals surface area contributed by atoms with Gasteiger partial charge in [0.2, 0.25) is 0 Å². The monoisotopic (exact) mass is 296 g/mol. The van der Waals surface area contributed by atoms with Crippen LogP contribution in [0, 0.1) is 11.3 Å². The second-order valence-electron chi connectivity index (χ2n) is 5.73. The van der Waals surface area contributed by atoms with Gasteiger partial charge in [-0.15, -0.1) is 0 Å². The molecule has 0 bridgehead atoms. The zero-order valence-corrected chi connectivity index (χ0v) is 14.1. The van der Waals surface area contributed by atoms with Crippen LogP contribution in [0.1, 0.15) is 51.4 Å². The summed E-state index contributed by atoms with van der Waals surface area (Å²) in [6.45, 7) is 11.0. The van der Waals surface area contributed by atoms with E-state index in [0.717, 1.165) is 11.3 Å². The molecular formula is C19H24N2O. The summed E-state index contributed by atoms with van der Waals surface area (Å²) >= 11 is 0. The molecule has 0 spiro atoms. The van der Waals surface area contributed by atoms with E-state index in [2.05, 4.69) is 37.9 Å². The maximum Gasteiger partial charge on any atom is 0.140 e. The maximum absolute atomic E-state index is 8.68. The third-order valence-electron chi connectivity index (χ3n) is 3.07. The van der Waals surface area contributed by atoms with E-state index >= 15 is 0 Å². The van der Waals surface area contributed by atoms with Gasteiger partial charge in [-0.2, -0.15) is 5.26 Å². The molecule has 116 valence electrons. The molecule has 1 aromatic carbocycles. The molecule has 0 aliphatic heterocycles. The Morgan fingerprint density at radius 3 is 2.14 bits per heavy atom. The van der Waals surface area contributed by atoms with Crippen LogP contribution in [0.5, 0.6) is 5.75 Å². The summed E-state index contributed by atoms with van der Waals surface area (Å²) in [5, 5.41) is 8.68. The molecule has 0 amide bonds. The highest BCUT2D eigenvalue weighted by Crippen LogP contribution is 2.24.